The minimum atomic E-state index is -0.511. The molecule has 0 saturated heterocycles. The molecule has 0 saturated carbocycles. The fraction of sp³-hybridized carbons (Fsp3) is 0.0130. The molecule has 2 aliphatic rings. The molecule has 1 heterocycles. The van der Waals surface area contributed by atoms with Gasteiger partial charge in [0.15, 0.2) is 0 Å². The Morgan fingerprint density at radius 2 is 0.734 bits per heavy atom. The van der Waals surface area contributed by atoms with E-state index in [0.29, 0.717) is 0 Å². The topological polar surface area (TPSA) is 8.17 Å². The lowest BCUT2D eigenvalue weighted by atomic mass is 9.70. The summed E-state index contributed by atoms with van der Waals surface area (Å²) in [5.74, 6) is 0. The normalized spacial score (nSPS) is 12.7. The van der Waals surface area contributed by atoms with E-state index in [9.17, 15) is 0 Å². The van der Waals surface area contributed by atoms with E-state index < -0.39 is 5.41 Å². The Hall–Kier alpha value is -10.3. The van der Waals surface area contributed by atoms with Crippen molar-refractivity contribution in [3.05, 3.63) is 326 Å². The lowest BCUT2D eigenvalue weighted by Crippen LogP contribution is -2.26. The van der Waals surface area contributed by atoms with Crippen molar-refractivity contribution in [3.8, 4) is 72.4 Å². The molecular formula is C77H50N2. The largest absolute Gasteiger partial charge is 0.310 e. The van der Waals surface area contributed by atoms with Gasteiger partial charge in [0.1, 0.15) is 0 Å². The molecule has 0 unspecified atom stereocenters. The van der Waals surface area contributed by atoms with Gasteiger partial charge in [-0.05, 0) is 161 Å². The predicted molar refractivity (Wildman–Crippen MR) is 331 cm³/mol. The number of benzene rings is 13. The van der Waals surface area contributed by atoms with Crippen LogP contribution in [0, 0.1) is 0 Å². The number of fused-ring (bicyclic) bond motifs is 14. The number of hydrogen-bond donors (Lipinski definition) is 0. The first-order valence-corrected chi connectivity index (χ1v) is 27.4. The minimum Gasteiger partial charge on any atom is -0.310 e. The summed E-state index contributed by atoms with van der Waals surface area (Å²) in [5, 5.41) is 4.92. The SMILES string of the molecule is c1ccc(-c2cc(N(c3ccc(-c4cccc5ccccc45)cc3)c3ccc4c(c3)C3(c5ccccc5-c5ccccc53)c3ccccc3-4)c(-c3ccccc3)cc2-c2ccc3c(c2)c2ccccc2n3-c2ccccc2)cc1. The van der Waals surface area contributed by atoms with Gasteiger partial charge < -0.3 is 9.47 Å². The molecule has 79 heavy (non-hydrogen) atoms. The Balaban J connectivity index is 0.972. The highest BCUT2D eigenvalue weighted by atomic mass is 15.1. The highest BCUT2D eigenvalue weighted by Gasteiger charge is 2.51. The van der Waals surface area contributed by atoms with E-state index in [-0.39, 0.29) is 0 Å². The van der Waals surface area contributed by atoms with Crippen molar-refractivity contribution >= 4 is 49.6 Å². The number of nitrogens with zero attached hydrogens (tertiary/aromatic N) is 2. The van der Waals surface area contributed by atoms with Crippen molar-refractivity contribution < 1.29 is 0 Å². The average Bonchev–Trinajstić information content (AvgIpc) is 2.79. The number of aromatic nitrogens is 1. The third-order valence-corrected chi connectivity index (χ3v) is 17.0. The molecule has 2 nitrogen and oxygen atoms in total. The van der Waals surface area contributed by atoms with Crippen LogP contribution >= 0.6 is 0 Å². The molecule has 0 radical (unpaired) electrons. The summed E-state index contributed by atoms with van der Waals surface area (Å²) in [6.45, 7) is 0. The van der Waals surface area contributed by atoms with Crippen LogP contribution in [0.15, 0.2) is 303 Å². The molecule has 1 aromatic heterocycles. The van der Waals surface area contributed by atoms with Gasteiger partial charge >= 0.3 is 0 Å². The molecular weight excluding hydrogens is 953 g/mol. The Kier molecular flexibility index (Phi) is 10.2. The van der Waals surface area contributed by atoms with Crippen LogP contribution in [0.1, 0.15) is 22.3 Å². The lowest BCUT2D eigenvalue weighted by molar-refractivity contribution is 0.793. The highest BCUT2D eigenvalue weighted by molar-refractivity contribution is 6.11. The van der Waals surface area contributed by atoms with Crippen LogP contribution in [0.5, 0.6) is 0 Å². The van der Waals surface area contributed by atoms with Crippen LogP contribution in [0.3, 0.4) is 0 Å². The molecule has 0 fully saturated rings. The molecule has 2 aliphatic carbocycles. The van der Waals surface area contributed by atoms with Gasteiger partial charge in [0, 0.05) is 33.4 Å². The van der Waals surface area contributed by atoms with Crippen molar-refractivity contribution in [3.63, 3.8) is 0 Å². The second-order valence-corrected chi connectivity index (χ2v) is 21.1. The Morgan fingerprint density at radius 1 is 0.253 bits per heavy atom. The maximum atomic E-state index is 2.53. The number of anilines is 3. The molecule has 0 aliphatic heterocycles. The number of para-hydroxylation sites is 2. The van der Waals surface area contributed by atoms with E-state index in [2.05, 4.69) is 313 Å². The van der Waals surface area contributed by atoms with Crippen molar-refractivity contribution in [2.45, 2.75) is 5.41 Å². The van der Waals surface area contributed by atoms with E-state index in [1.54, 1.807) is 0 Å². The summed E-state index contributed by atoms with van der Waals surface area (Å²) in [7, 11) is 0. The van der Waals surface area contributed by atoms with Gasteiger partial charge in [-0.25, -0.2) is 0 Å². The average molecular weight is 1000 g/mol. The monoisotopic (exact) mass is 1000 g/mol. The van der Waals surface area contributed by atoms with Gasteiger partial charge in [0.2, 0.25) is 0 Å². The van der Waals surface area contributed by atoms with Gasteiger partial charge in [-0.15, -0.1) is 0 Å². The zero-order valence-electron chi connectivity index (χ0n) is 43.3. The lowest BCUT2D eigenvalue weighted by Gasteiger charge is -2.33. The molecule has 1 spiro atoms. The van der Waals surface area contributed by atoms with Crippen molar-refractivity contribution in [2.24, 2.45) is 0 Å². The fourth-order valence-electron chi connectivity index (χ4n) is 13.6. The summed E-state index contributed by atoms with van der Waals surface area (Å²) < 4.78 is 2.40. The van der Waals surface area contributed by atoms with Crippen LogP contribution in [0.2, 0.25) is 0 Å². The maximum absolute atomic E-state index is 2.53. The first-order chi connectivity index (χ1) is 39.2. The molecule has 0 bridgehead atoms. The molecule has 0 amide bonds. The summed E-state index contributed by atoms with van der Waals surface area (Å²) >= 11 is 0. The Morgan fingerprint density at radius 3 is 1.42 bits per heavy atom. The molecule has 13 aromatic carbocycles. The van der Waals surface area contributed by atoms with Crippen LogP contribution in [0.4, 0.5) is 17.1 Å². The fourth-order valence-corrected chi connectivity index (χ4v) is 13.6. The van der Waals surface area contributed by atoms with Gasteiger partial charge in [0.05, 0.1) is 22.1 Å². The smallest absolute Gasteiger partial charge is 0.0726 e. The van der Waals surface area contributed by atoms with Gasteiger partial charge in [0.25, 0.3) is 0 Å². The highest BCUT2D eigenvalue weighted by Crippen LogP contribution is 2.63. The van der Waals surface area contributed by atoms with Gasteiger partial charge in [-0.2, -0.15) is 0 Å². The number of rotatable bonds is 8. The number of hydrogen-bond acceptors (Lipinski definition) is 1. The third-order valence-electron chi connectivity index (χ3n) is 17.0. The summed E-state index contributed by atoms with van der Waals surface area (Å²) in [4.78, 5) is 2.53. The predicted octanol–water partition coefficient (Wildman–Crippen LogP) is 20.4. The van der Waals surface area contributed by atoms with Crippen LogP contribution in [-0.4, -0.2) is 4.57 Å². The van der Waals surface area contributed by atoms with E-state index in [4.69, 9.17) is 0 Å². The first-order valence-electron chi connectivity index (χ1n) is 27.4. The van der Waals surface area contributed by atoms with E-state index >= 15 is 0 Å². The molecule has 0 N–H and O–H groups in total. The molecule has 0 atom stereocenters. The van der Waals surface area contributed by atoms with Gasteiger partial charge in [-0.3, -0.25) is 0 Å². The van der Waals surface area contributed by atoms with Crippen molar-refractivity contribution in [1.82, 2.24) is 4.57 Å². The van der Waals surface area contributed by atoms with Crippen LogP contribution in [-0.2, 0) is 5.41 Å². The Labute approximate surface area is 460 Å². The first kappa shape index (κ1) is 45.0. The second kappa shape index (κ2) is 17.9. The molecule has 368 valence electrons. The van der Waals surface area contributed by atoms with Crippen LogP contribution < -0.4 is 4.90 Å². The van der Waals surface area contributed by atoms with E-state index in [1.165, 1.54) is 93.8 Å². The molecule has 2 heteroatoms. The summed E-state index contributed by atoms with van der Waals surface area (Å²) in [5.41, 5.74) is 26.0. The summed E-state index contributed by atoms with van der Waals surface area (Å²) in [6, 6.07) is 113. The zero-order chi connectivity index (χ0) is 52.0. The maximum Gasteiger partial charge on any atom is 0.0726 e. The minimum absolute atomic E-state index is 0.511. The van der Waals surface area contributed by atoms with Crippen molar-refractivity contribution in [1.29, 1.82) is 0 Å². The third kappa shape index (κ3) is 6.84. The van der Waals surface area contributed by atoms with Gasteiger partial charge in [-0.1, -0.05) is 237 Å². The van der Waals surface area contributed by atoms with Crippen molar-refractivity contribution in [2.75, 3.05) is 4.90 Å². The second-order valence-electron chi connectivity index (χ2n) is 21.1. The zero-order valence-corrected chi connectivity index (χ0v) is 43.3. The quantitative estimate of drug-likeness (QED) is 0.147. The Bertz CT molecular complexity index is 4630. The molecule has 14 aromatic rings. The standard InChI is InChI=1S/C77H50N2/c1-4-21-52(22-5-1)67-50-76(68(53-23-6-2-7-24-53)49-66(67)55-41-46-75-69(47-55)65-33-15-19-38-74(65)79(75)56-27-8-3-9-28-56)78(57-42-39-54(40-43-57)60-34-20-26-51-25-10-11-29-59(51)60)58-44-45-64-63-32-14-18-37-72(63)77(73(64)48-58)70-35-16-12-30-61(70)62-31-13-17-36-71(62)77/h1-50H. The summed E-state index contributed by atoms with van der Waals surface area (Å²) in [6.07, 6.45) is 0. The van der Waals surface area contributed by atoms with E-state index in [0.717, 1.165) is 50.6 Å². The molecule has 16 rings (SSSR count). The van der Waals surface area contributed by atoms with E-state index in [1.807, 2.05) is 0 Å². The van der Waals surface area contributed by atoms with Crippen LogP contribution in [0.25, 0.3) is 105 Å².